The fourth-order valence-electron chi connectivity index (χ4n) is 3.53. The quantitative estimate of drug-likeness (QED) is 0.428. The highest BCUT2D eigenvalue weighted by Crippen LogP contribution is 2.32. The summed E-state index contributed by atoms with van der Waals surface area (Å²) in [5.74, 6) is -0.223. The molecule has 0 unspecified atom stereocenters. The number of nitrogens with one attached hydrogen (secondary N) is 1. The highest BCUT2D eigenvalue weighted by atomic mass is 35.5. The van der Waals surface area contributed by atoms with E-state index in [9.17, 15) is 4.79 Å². The summed E-state index contributed by atoms with van der Waals surface area (Å²) in [6.45, 7) is 8.21. The van der Waals surface area contributed by atoms with Crippen LogP contribution in [-0.4, -0.2) is 30.6 Å². The standard InChI is InChI=1S/C25H25ClN6O/c1-15(2)32-23(5-6-31-32)18-8-19(24-22(26)7-16(3)11-29-24)10-20(9-18)25(33)30-14-21-13-27-17(4)12-28-21/h5-13,15H,14H2,1-4H3,(H,30,33). The molecule has 1 aromatic carbocycles. The van der Waals surface area contributed by atoms with Crippen LogP contribution in [0.5, 0.6) is 0 Å². The van der Waals surface area contributed by atoms with E-state index in [2.05, 4.69) is 39.2 Å². The first kappa shape index (κ1) is 22.6. The monoisotopic (exact) mass is 460 g/mol. The number of benzene rings is 1. The molecule has 3 aromatic heterocycles. The van der Waals surface area contributed by atoms with Crippen LogP contribution in [0.2, 0.25) is 5.02 Å². The van der Waals surface area contributed by atoms with E-state index in [0.717, 1.165) is 28.1 Å². The number of carbonyl (C=O) groups excluding carboxylic acids is 1. The smallest absolute Gasteiger partial charge is 0.251 e. The van der Waals surface area contributed by atoms with Crippen molar-refractivity contribution in [1.29, 1.82) is 0 Å². The Labute approximate surface area is 197 Å². The van der Waals surface area contributed by atoms with E-state index in [0.29, 0.717) is 22.0 Å². The van der Waals surface area contributed by atoms with Crippen LogP contribution in [0.3, 0.4) is 0 Å². The molecular weight excluding hydrogens is 436 g/mol. The van der Waals surface area contributed by atoms with Gasteiger partial charge in [0.1, 0.15) is 0 Å². The van der Waals surface area contributed by atoms with Crippen LogP contribution in [0.15, 0.2) is 55.1 Å². The molecule has 4 rings (SSSR count). The van der Waals surface area contributed by atoms with Crippen LogP contribution < -0.4 is 5.32 Å². The molecule has 0 saturated carbocycles. The Hall–Kier alpha value is -3.58. The van der Waals surface area contributed by atoms with Gasteiger partial charge in [0.15, 0.2) is 0 Å². The zero-order chi connectivity index (χ0) is 23.5. The van der Waals surface area contributed by atoms with Gasteiger partial charge in [-0.25, -0.2) is 0 Å². The fourth-order valence-corrected chi connectivity index (χ4v) is 3.86. The second-order valence-corrected chi connectivity index (χ2v) is 8.64. The number of aromatic nitrogens is 5. The molecule has 0 spiro atoms. The molecule has 8 heteroatoms. The van der Waals surface area contributed by atoms with Crippen LogP contribution in [0.25, 0.3) is 22.5 Å². The molecule has 0 aliphatic rings. The molecule has 3 heterocycles. The first-order valence-corrected chi connectivity index (χ1v) is 11.1. The molecule has 4 aromatic rings. The second-order valence-electron chi connectivity index (χ2n) is 8.23. The van der Waals surface area contributed by atoms with Gasteiger partial charge in [-0.2, -0.15) is 5.10 Å². The Kier molecular flexibility index (Phi) is 6.51. The third kappa shape index (κ3) is 5.09. The maximum Gasteiger partial charge on any atom is 0.251 e. The maximum absolute atomic E-state index is 13.1. The third-order valence-electron chi connectivity index (χ3n) is 5.17. The summed E-state index contributed by atoms with van der Waals surface area (Å²) >= 11 is 6.51. The molecule has 0 atom stereocenters. The lowest BCUT2D eigenvalue weighted by atomic mass is 10.00. The summed E-state index contributed by atoms with van der Waals surface area (Å²) in [6, 6.07) is 9.62. The van der Waals surface area contributed by atoms with E-state index >= 15 is 0 Å². The summed E-state index contributed by atoms with van der Waals surface area (Å²) in [7, 11) is 0. The summed E-state index contributed by atoms with van der Waals surface area (Å²) in [5, 5.41) is 7.90. The molecule has 7 nitrogen and oxygen atoms in total. The van der Waals surface area contributed by atoms with Gasteiger partial charge in [0.2, 0.25) is 0 Å². The largest absolute Gasteiger partial charge is 0.346 e. The van der Waals surface area contributed by atoms with Gasteiger partial charge in [0.05, 0.1) is 40.5 Å². The molecular formula is C25H25ClN6O. The van der Waals surface area contributed by atoms with Crippen LogP contribution in [0, 0.1) is 13.8 Å². The summed E-state index contributed by atoms with van der Waals surface area (Å²) in [5.41, 5.74) is 6.13. The lowest BCUT2D eigenvalue weighted by Crippen LogP contribution is -2.23. The van der Waals surface area contributed by atoms with Crippen molar-refractivity contribution >= 4 is 17.5 Å². The highest BCUT2D eigenvalue weighted by Gasteiger charge is 2.16. The molecule has 0 bridgehead atoms. The van der Waals surface area contributed by atoms with Crippen molar-refractivity contribution in [2.75, 3.05) is 0 Å². The number of hydrogen-bond donors (Lipinski definition) is 1. The number of nitrogens with zero attached hydrogens (tertiary/aromatic N) is 5. The summed E-state index contributed by atoms with van der Waals surface area (Å²) in [4.78, 5) is 26.2. The first-order valence-electron chi connectivity index (χ1n) is 10.7. The molecule has 0 radical (unpaired) electrons. The van der Waals surface area contributed by atoms with Crippen molar-refractivity contribution < 1.29 is 4.79 Å². The zero-order valence-electron chi connectivity index (χ0n) is 19.0. The van der Waals surface area contributed by atoms with Gasteiger partial charge in [0.25, 0.3) is 5.91 Å². The number of amides is 1. The van der Waals surface area contributed by atoms with Crippen molar-refractivity contribution in [2.24, 2.45) is 0 Å². The van der Waals surface area contributed by atoms with Crippen molar-refractivity contribution in [3.05, 3.63) is 82.7 Å². The Morgan fingerprint density at radius 3 is 2.52 bits per heavy atom. The molecule has 0 aliphatic heterocycles. The average Bonchev–Trinajstić information content (AvgIpc) is 3.29. The normalized spacial score (nSPS) is 11.1. The Morgan fingerprint density at radius 1 is 1.03 bits per heavy atom. The van der Waals surface area contributed by atoms with E-state index in [4.69, 9.17) is 11.6 Å². The molecule has 168 valence electrons. The minimum atomic E-state index is -0.223. The van der Waals surface area contributed by atoms with E-state index in [1.54, 1.807) is 30.9 Å². The zero-order valence-corrected chi connectivity index (χ0v) is 19.8. The van der Waals surface area contributed by atoms with Crippen molar-refractivity contribution in [1.82, 2.24) is 30.0 Å². The minimum Gasteiger partial charge on any atom is -0.346 e. The van der Waals surface area contributed by atoms with Gasteiger partial charge in [-0.15, -0.1) is 0 Å². The summed E-state index contributed by atoms with van der Waals surface area (Å²) < 4.78 is 1.92. The fraction of sp³-hybridized carbons (Fsp3) is 0.240. The second kappa shape index (κ2) is 9.50. The number of halogens is 1. The third-order valence-corrected chi connectivity index (χ3v) is 5.45. The van der Waals surface area contributed by atoms with Crippen molar-refractivity contribution in [3.8, 4) is 22.5 Å². The molecule has 0 fully saturated rings. The Bertz CT molecular complexity index is 1300. The van der Waals surface area contributed by atoms with E-state index in [1.807, 2.05) is 42.8 Å². The van der Waals surface area contributed by atoms with Gasteiger partial charge >= 0.3 is 0 Å². The van der Waals surface area contributed by atoms with E-state index in [-0.39, 0.29) is 18.5 Å². The number of aryl methyl sites for hydroxylation is 2. The van der Waals surface area contributed by atoms with Gasteiger partial charge in [-0.05, 0) is 63.6 Å². The lowest BCUT2D eigenvalue weighted by molar-refractivity contribution is 0.0950. The summed E-state index contributed by atoms with van der Waals surface area (Å²) in [6.07, 6.45) is 6.87. The number of hydrogen-bond acceptors (Lipinski definition) is 5. The van der Waals surface area contributed by atoms with Crippen LogP contribution in [0.1, 0.15) is 47.2 Å². The molecule has 1 amide bonds. The Morgan fingerprint density at radius 2 is 1.82 bits per heavy atom. The predicted molar refractivity (Wildman–Crippen MR) is 129 cm³/mol. The van der Waals surface area contributed by atoms with Gasteiger partial charge in [0, 0.05) is 41.3 Å². The molecule has 33 heavy (non-hydrogen) atoms. The van der Waals surface area contributed by atoms with Gasteiger partial charge in [-0.1, -0.05) is 11.6 Å². The SMILES string of the molecule is Cc1cnc(-c2cc(C(=O)NCc3cnc(C)cn3)cc(-c3ccnn3C(C)C)c2)c(Cl)c1. The number of rotatable bonds is 6. The molecule has 0 saturated heterocycles. The van der Waals surface area contributed by atoms with Crippen LogP contribution in [0.4, 0.5) is 0 Å². The average molecular weight is 461 g/mol. The first-order chi connectivity index (χ1) is 15.8. The van der Waals surface area contributed by atoms with Crippen molar-refractivity contribution in [3.63, 3.8) is 0 Å². The topological polar surface area (TPSA) is 85.6 Å². The van der Waals surface area contributed by atoms with Crippen molar-refractivity contribution in [2.45, 2.75) is 40.3 Å². The van der Waals surface area contributed by atoms with Gasteiger partial charge < -0.3 is 5.32 Å². The molecule has 1 N–H and O–H groups in total. The van der Waals surface area contributed by atoms with Gasteiger partial charge in [-0.3, -0.25) is 24.4 Å². The van der Waals surface area contributed by atoms with E-state index in [1.165, 1.54) is 0 Å². The lowest BCUT2D eigenvalue weighted by Gasteiger charge is -2.14. The number of pyridine rings is 1. The number of carbonyl (C=O) groups is 1. The minimum absolute atomic E-state index is 0.164. The maximum atomic E-state index is 13.1. The predicted octanol–water partition coefficient (Wildman–Crippen LogP) is 5.18. The van der Waals surface area contributed by atoms with E-state index < -0.39 is 0 Å². The Balaban J connectivity index is 1.74. The van der Waals surface area contributed by atoms with Crippen LogP contribution >= 0.6 is 11.6 Å². The van der Waals surface area contributed by atoms with Crippen LogP contribution in [-0.2, 0) is 6.54 Å². The highest BCUT2D eigenvalue weighted by molar-refractivity contribution is 6.33. The molecule has 0 aliphatic carbocycles.